The molecule has 3 atom stereocenters. The smallest absolute Gasteiger partial charge is 0.249 e. The van der Waals surface area contributed by atoms with Gasteiger partial charge in [0.2, 0.25) is 5.56 Å². The molecule has 2 fully saturated rings. The summed E-state index contributed by atoms with van der Waals surface area (Å²) in [5, 5.41) is 4.74. The van der Waals surface area contributed by atoms with Crippen LogP contribution in [0.3, 0.4) is 0 Å². The Hall–Kier alpha value is -2.46. The monoisotopic (exact) mass is 359 g/mol. The third-order valence-electron chi connectivity index (χ3n) is 6.37. The maximum atomic E-state index is 11.8. The van der Waals surface area contributed by atoms with Crippen molar-refractivity contribution in [2.24, 2.45) is 5.92 Å². The van der Waals surface area contributed by atoms with Crippen molar-refractivity contribution in [2.45, 2.75) is 44.1 Å². The summed E-state index contributed by atoms with van der Waals surface area (Å²) in [6.45, 7) is 1.17. The highest BCUT2D eigenvalue weighted by atomic mass is 16.1. The van der Waals surface area contributed by atoms with Gasteiger partial charge in [-0.3, -0.25) is 4.79 Å². The van der Waals surface area contributed by atoms with Gasteiger partial charge in [0.15, 0.2) is 0 Å². The predicted octanol–water partition coefficient (Wildman–Crippen LogP) is 4.23. The van der Waals surface area contributed by atoms with E-state index in [2.05, 4.69) is 40.6 Å². The lowest BCUT2D eigenvalue weighted by Crippen LogP contribution is -2.44. The first-order valence-corrected chi connectivity index (χ1v) is 10.1. The average Bonchev–Trinajstić information content (AvgIpc) is 2.73. The highest BCUT2D eigenvalue weighted by molar-refractivity contribution is 5.80. The minimum absolute atomic E-state index is 0.101. The zero-order chi connectivity index (χ0) is 18.2. The fourth-order valence-corrected chi connectivity index (χ4v) is 5.02. The van der Waals surface area contributed by atoms with Crippen molar-refractivity contribution in [3.8, 4) is 11.3 Å². The fraction of sp³-hybridized carbons (Fsp3) is 0.391. The van der Waals surface area contributed by atoms with Crippen molar-refractivity contribution in [1.82, 2.24) is 15.3 Å². The molecule has 5 rings (SSSR count). The van der Waals surface area contributed by atoms with Crippen molar-refractivity contribution in [2.75, 3.05) is 6.54 Å². The van der Waals surface area contributed by atoms with E-state index in [0.717, 1.165) is 22.6 Å². The molecule has 2 aliphatic rings. The van der Waals surface area contributed by atoms with Crippen LogP contribution in [0.2, 0.25) is 0 Å². The van der Waals surface area contributed by atoms with E-state index in [-0.39, 0.29) is 5.56 Å². The van der Waals surface area contributed by atoms with E-state index in [1.165, 1.54) is 44.2 Å². The second-order valence-electron chi connectivity index (χ2n) is 8.03. The Morgan fingerprint density at radius 1 is 1.00 bits per heavy atom. The molecule has 1 saturated carbocycles. The fourth-order valence-electron chi connectivity index (χ4n) is 5.02. The van der Waals surface area contributed by atoms with Crippen LogP contribution in [-0.2, 0) is 0 Å². The van der Waals surface area contributed by atoms with Crippen LogP contribution in [0.1, 0.15) is 43.6 Å². The number of rotatable bonds is 2. The molecule has 1 saturated heterocycles. The summed E-state index contributed by atoms with van der Waals surface area (Å²) in [4.78, 5) is 19.6. The summed E-state index contributed by atoms with van der Waals surface area (Å²) in [7, 11) is 0. The maximum absolute atomic E-state index is 11.8. The molecule has 0 amide bonds. The van der Waals surface area contributed by atoms with E-state index in [4.69, 9.17) is 4.98 Å². The molecule has 3 aromatic rings. The van der Waals surface area contributed by atoms with E-state index >= 15 is 0 Å². The standard InChI is InChI=1S/C23H25N3O/c27-21-11-9-18-14-19(16-8-10-20-17(13-16)7-4-12-24-20)22(26-23(18)25-21)15-5-2-1-3-6-15/h1-3,5-6,9,11,14,16-17,20,24H,4,7-8,10,12-13H2,(H,25,26,27). The molecule has 4 nitrogen and oxygen atoms in total. The molecule has 1 aromatic carbocycles. The number of aromatic nitrogens is 2. The molecule has 0 radical (unpaired) electrons. The van der Waals surface area contributed by atoms with Gasteiger partial charge in [-0.25, -0.2) is 4.98 Å². The first kappa shape index (κ1) is 16.7. The minimum atomic E-state index is -0.101. The predicted molar refractivity (Wildman–Crippen MR) is 109 cm³/mol. The Kier molecular flexibility index (Phi) is 4.29. The Bertz CT molecular complexity index is 1010. The molecule has 1 aliphatic carbocycles. The lowest BCUT2D eigenvalue weighted by Gasteiger charge is -2.40. The molecular weight excluding hydrogens is 334 g/mol. The van der Waals surface area contributed by atoms with Crippen molar-refractivity contribution in [1.29, 1.82) is 0 Å². The van der Waals surface area contributed by atoms with Gasteiger partial charge < -0.3 is 10.3 Å². The van der Waals surface area contributed by atoms with Crippen LogP contribution in [-0.4, -0.2) is 22.6 Å². The van der Waals surface area contributed by atoms with Gasteiger partial charge in [0, 0.05) is 23.1 Å². The van der Waals surface area contributed by atoms with E-state index in [9.17, 15) is 4.79 Å². The largest absolute Gasteiger partial charge is 0.314 e. The molecule has 3 heterocycles. The topological polar surface area (TPSA) is 57.8 Å². The molecule has 27 heavy (non-hydrogen) atoms. The SMILES string of the molecule is O=c1ccc2cc(C3CCC4NCCCC4C3)c(-c3ccccc3)nc2[nH]1. The number of hydrogen-bond donors (Lipinski definition) is 2. The van der Waals surface area contributed by atoms with Crippen LogP contribution in [0.15, 0.2) is 53.3 Å². The first-order chi connectivity index (χ1) is 13.3. The van der Waals surface area contributed by atoms with Gasteiger partial charge >= 0.3 is 0 Å². The van der Waals surface area contributed by atoms with Gasteiger partial charge in [-0.1, -0.05) is 30.3 Å². The highest BCUT2D eigenvalue weighted by Crippen LogP contribution is 2.42. The number of benzene rings is 1. The summed E-state index contributed by atoms with van der Waals surface area (Å²) >= 11 is 0. The van der Waals surface area contributed by atoms with E-state index in [1.54, 1.807) is 6.07 Å². The van der Waals surface area contributed by atoms with Gasteiger partial charge in [0.1, 0.15) is 5.65 Å². The van der Waals surface area contributed by atoms with Gasteiger partial charge in [-0.05, 0) is 68.2 Å². The van der Waals surface area contributed by atoms with Crippen molar-refractivity contribution >= 4 is 11.0 Å². The normalized spacial score (nSPS) is 25.3. The number of nitrogens with one attached hydrogen (secondary N) is 2. The number of hydrogen-bond acceptors (Lipinski definition) is 3. The van der Waals surface area contributed by atoms with E-state index < -0.39 is 0 Å². The number of H-pyrrole nitrogens is 1. The van der Waals surface area contributed by atoms with Gasteiger partial charge in [-0.2, -0.15) is 0 Å². The Labute approximate surface area is 159 Å². The van der Waals surface area contributed by atoms with Crippen LogP contribution in [0.5, 0.6) is 0 Å². The van der Waals surface area contributed by atoms with Crippen LogP contribution >= 0.6 is 0 Å². The van der Waals surface area contributed by atoms with Gasteiger partial charge in [-0.15, -0.1) is 0 Å². The summed E-state index contributed by atoms with van der Waals surface area (Å²) < 4.78 is 0. The summed E-state index contributed by atoms with van der Waals surface area (Å²) in [5.41, 5.74) is 4.07. The number of piperidine rings is 1. The number of nitrogens with zero attached hydrogens (tertiary/aromatic N) is 1. The Morgan fingerprint density at radius 3 is 2.78 bits per heavy atom. The van der Waals surface area contributed by atoms with Crippen molar-refractivity contribution in [3.05, 3.63) is 64.4 Å². The average molecular weight is 359 g/mol. The van der Waals surface area contributed by atoms with Crippen LogP contribution < -0.4 is 10.9 Å². The third kappa shape index (κ3) is 3.19. The molecule has 138 valence electrons. The number of pyridine rings is 2. The molecule has 0 bridgehead atoms. The van der Waals surface area contributed by atoms with Crippen molar-refractivity contribution in [3.63, 3.8) is 0 Å². The van der Waals surface area contributed by atoms with Crippen LogP contribution in [0.4, 0.5) is 0 Å². The molecule has 3 unspecified atom stereocenters. The lowest BCUT2D eigenvalue weighted by atomic mass is 9.71. The Morgan fingerprint density at radius 2 is 1.89 bits per heavy atom. The molecule has 2 aromatic heterocycles. The lowest BCUT2D eigenvalue weighted by molar-refractivity contribution is 0.194. The quantitative estimate of drug-likeness (QED) is 0.720. The highest BCUT2D eigenvalue weighted by Gasteiger charge is 2.33. The number of fused-ring (bicyclic) bond motifs is 2. The van der Waals surface area contributed by atoms with Crippen molar-refractivity contribution < 1.29 is 0 Å². The number of aromatic amines is 1. The first-order valence-electron chi connectivity index (χ1n) is 10.1. The summed E-state index contributed by atoms with van der Waals surface area (Å²) in [5.74, 6) is 1.30. The van der Waals surface area contributed by atoms with Gasteiger partial charge in [0.25, 0.3) is 0 Å². The molecule has 4 heteroatoms. The molecule has 2 N–H and O–H groups in total. The summed E-state index contributed by atoms with van der Waals surface area (Å²) in [6.07, 6.45) is 6.30. The summed E-state index contributed by atoms with van der Waals surface area (Å²) in [6, 6.07) is 16.8. The molecular formula is C23H25N3O. The second kappa shape index (κ2) is 6.93. The zero-order valence-electron chi connectivity index (χ0n) is 15.4. The van der Waals surface area contributed by atoms with Gasteiger partial charge in [0.05, 0.1) is 5.69 Å². The van der Waals surface area contributed by atoms with Crippen LogP contribution in [0, 0.1) is 5.92 Å². The minimum Gasteiger partial charge on any atom is -0.314 e. The van der Waals surface area contributed by atoms with E-state index in [0.29, 0.717) is 17.6 Å². The third-order valence-corrected chi connectivity index (χ3v) is 6.37. The maximum Gasteiger partial charge on any atom is 0.249 e. The zero-order valence-corrected chi connectivity index (χ0v) is 15.4. The molecule has 0 spiro atoms. The van der Waals surface area contributed by atoms with Crippen LogP contribution in [0.25, 0.3) is 22.3 Å². The molecule has 1 aliphatic heterocycles. The Balaban J connectivity index is 1.61. The second-order valence-corrected chi connectivity index (χ2v) is 8.03. The van der Waals surface area contributed by atoms with E-state index in [1.807, 2.05) is 12.1 Å².